The van der Waals surface area contributed by atoms with Gasteiger partial charge in [-0.05, 0) is 57.8 Å². The monoisotopic (exact) mass is 1120 g/mol. The van der Waals surface area contributed by atoms with E-state index in [4.69, 9.17) is 9.05 Å². The predicted octanol–water partition coefficient (Wildman–Crippen LogP) is 21.2. The number of phosphoric ester groups is 1. The molecular formula is C69H132N2O6P+. The highest BCUT2D eigenvalue weighted by Crippen LogP contribution is 2.43. The molecule has 458 valence electrons. The molecule has 0 aromatic rings. The van der Waals surface area contributed by atoms with Crippen LogP contribution in [0.5, 0.6) is 0 Å². The molecule has 0 saturated carbocycles. The Kier molecular flexibility index (Phi) is 58.4. The van der Waals surface area contributed by atoms with Crippen LogP contribution in [0.3, 0.4) is 0 Å². The van der Waals surface area contributed by atoms with Crippen LogP contribution in [0.15, 0.2) is 60.8 Å². The molecule has 0 aromatic carbocycles. The van der Waals surface area contributed by atoms with E-state index in [0.717, 1.165) is 70.6 Å². The van der Waals surface area contributed by atoms with Crippen LogP contribution in [-0.2, 0) is 18.4 Å². The van der Waals surface area contributed by atoms with E-state index in [1.165, 1.54) is 225 Å². The van der Waals surface area contributed by atoms with E-state index in [2.05, 4.69) is 79.9 Å². The van der Waals surface area contributed by atoms with Crippen molar-refractivity contribution >= 4 is 13.7 Å². The van der Waals surface area contributed by atoms with E-state index in [-0.39, 0.29) is 19.1 Å². The maximum atomic E-state index is 13.1. The highest BCUT2D eigenvalue weighted by Gasteiger charge is 2.28. The van der Waals surface area contributed by atoms with Crippen molar-refractivity contribution < 1.29 is 32.9 Å². The molecule has 0 aliphatic heterocycles. The molecule has 9 heteroatoms. The smallest absolute Gasteiger partial charge is 0.391 e. The van der Waals surface area contributed by atoms with Crippen molar-refractivity contribution in [3.63, 3.8) is 0 Å². The molecule has 3 N–H and O–H groups in total. The molecule has 0 radical (unpaired) electrons. The Morgan fingerprint density at radius 1 is 0.449 bits per heavy atom. The van der Waals surface area contributed by atoms with Crippen LogP contribution in [0.25, 0.3) is 0 Å². The fourth-order valence-electron chi connectivity index (χ4n) is 10.1. The Labute approximate surface area is 485 Å². The molecule has 0 fully saturated rings. The van der Waals surface area contributed by atoms with Crippen LogP contribution in [0.2, 0.25) is 0 Å². The summed E-state index contributed by atoms with van der Waals surface area (Å²) in [5, 5.41) is 14.1. The van der Waals surface area contributed by atoms with Crippen LogP contribution in [0, 0.1) is 0 Å². The Hall–Kier alpha value is -1.80. The molecule has 3 unspecified atom stereocenters. The summed E-state index contributed by atoms with van der Waals surface area (Å²) in [7, 11) is 1.62. The molecular weight excluding hydrogens is 984 g/mol. The first kappa shape index (κ1) is 76.2. The molecule has 3 atom stereocenters. The van der Waals surface area contributed by atoms with Gasteiger partial charge in [-0.3, -0.25) is 13.8 Å². The first-order chi connectivity index (χ1) is 38.0. The van der Waals surface area contributed by atoms with Gasteiger partial charge in [0, 0.05) is 6.42 Å². The third-order valence-corrected chi connectivity index (χ3v) is 16.3. The lowest BCUT2D eigenvalue weighted by molar-refractivity contribution is -0.870. The number of quaternary nitrogens is 1. The zero-order valence-electron chi connectivity index (χ0n) is 52.4. The van der Waals surface area contributed by atoms with E-state index >= 15 is 0 Å². The number of likely N-dealkylation sites (N-methyl/N-ethyl adjacent to an activating group) is 1. The molecule has 0 aliphatic rings. The van der Waals surface area contributed by atoms with Gasteiger partial charge in [0.15, 0.2) is 0 Å². The summed E-state index contributed by atoms with van der Waals surface area (Å²) >= 11 is 0. The van der Waals surface area contributed by atoms with Gasteiger partial charge in [-0.2, -0.15) is 0 Å². The van der Waals surface area contributed by atoms with Crippen molar-refractivity contribution in [2.45, 2.75) is 334 Å². The fraction of sp³-hybridized carbons (Fsp3) is 0.841. The SMILES string of the molecule is CC/C=C\C/C=C\C/C=C\C/C=C\C/C=C\CCCCCCCCCCCCCC(=O)NC(COP(=O)(O)OCC[N+](C)(C)C)C(O)CCCCCCCCCCCCCCCCCCCCCCCCCCCCCCC. The van der Waals surface area contributed by atoms with E-state index < -0.39 is 20.0 Å². The molecule has 0 heterocycles. The molecule has 0 aliphatic carbocycles. The normalized spacial score (nSPS) is 14.1. The van der Waals surface area contributed by atoms with Crippen LogP contribution in [0.1, 0.15) is 322 Å². The predicted molar refractivity (Wildman–Crippen MR) is 341 cm³/mol. The second-order valence-corrected chi connectivity index (χ2v) is 25.6. The number of hydrogen-bond donors (Lipinski definition) is 3. The number of carbonyl (C=O) groups excluding carboxylic acids is 1. The molecule has 0 spiro atoms. The molecule has 0 aromatic heterocycles. The second-order valence-electron chi connectivity index (χ2n) is 24.2. The van der Waals surface area contributed by atoms with Crippen molar-refractivity contribution in [1.82, 2.24) is 5.32 Å². The van der Waals surface area contributed by atoms with E-state index in [0.29, 0.717) is 23.9 Å². The molecule has 1 amide bonds. The summed E-state index contributed by atoms with van der Waals surface area (Å²) in [5.41, 5.74) is 0. The summed E-state index contributed by atoms with van der Waals surface area (Å²) in [6, 6.07) is -0.767. The minimum absolute atomic E-state index is 0.0729. The minimum atomic E-state index is -4.33. The minimum Gasteiger partial charge on any atom is -0.391 e. The first-order valence-corrected chi connectivity index (χ1v) is 35.1. The maximum Gasteiger partial charge on any atom is 0.472 e. The summed E-state index contributed by atoms with van der Waals surface area (Å²) in [4.78, 5) is 23.4. The van der Waals surface area contributed by atoms with Gasteiger partial charge in [-0.1, -0.05) is 319 Å². The fourth-order valence-corrected chi connectivity index (χ4v) is 10.8. The van der Waals surface area contributed by atoms with Gasteiger partial charge in [0.25, 0.3) is 0 Å². The zero-order chi connectivity index (χ0) is 57.0. The van der Waals surface area contributed by atoms with Crippen molar-refractivity contribution in [2.24, 2.45) is 0 Å². The number of carbonyl (C=O) groups is 1. The van der Waals surface area contributed by atoms with E-state index in [1.54, 1.807) is 0 Å². The number of unbranched alkanes of at least 4 members (excludes halogenated alkanes) is 39. The number of nitrogens with zero attached hydrogens (tertiary/aromatic N) is 1. The van der Waals surface area contributed by atoms with Gasteiger partial charge in [0.05, 0.1) is 39.9 Å². The Balaban J connectivity index is 4.07. The highest BCUT2D eigenvalue weighted by molar-refractivity contribution is 7.47. The zero-order valence-corrected chi connectivity index (χ0v) is 53.3. The lowest BCUT2D eigenvalue weighted by Crippen LogP contribution is -2.46. The molecule has 0 bridgehead atoms. The van der Waals surface area contributed by atoms with Gasteiger partial charge < -0.3 is 19.8 Å². The topological polar surface area (TPSA) is 105 Å². The number of phosphoric acid groups is 1. The number of nitrogens with one attached hydrogen (secondary N) is 1. The van der Waals surface area contributed by atoms with Gasteiger partial charge in [-0.15, -0.1) is 0 Å². The maximum absolute atomic E-state index is 13.1. The number of rotatable bonds is 62. The van der Waals surface area contributed by atoms with Crippen molar-refractivity contribution in [3.05, 3.63) is 60.8 Å². The Morgan fingerprint density at radius 2 is 0.769 bits per heavy atom. The van der Waals surface area contributed by atoms with Gasteiger partial charge in [-0.25, -0.2) is 4.57 Å². The van der Waals surface area contributed by atoms with E-state index in [9.17, 15) is 19.4 Å². The average molecular weight is 1120 g/mol. The molecule has 8 nitrogen and oxygen atoms in total. The van der Waals surface area contributed by atoms with Crippen molar-refractivity contribution in [2.75, 3.05) is 40.9 Å². The summed E-state index contributed by atoms with van der Waals surface area (Å²) < 4.78 is 23.9. The summed E-state index contributed by atoms with van der Waals surface area (Å²) in [6.07, 6.45) is 81.7. The molecule has 0 saturated heterocycles. The van der Waals surface area contributed by atoms with E-state index in [1.807, 2.05) is 21.1 Å². The Bertz CT molecular complexity index is 1450. The quantitative estimate of drug-likeness (QED) is 0.0243. The van der Waals surface area contributed by atoms with Gasteiger partial charge in [0.2, 0.25) is 5.91 Å². The van der Waals surface area contributed by atoms with Gasteiger partial charge >= 0.3 is 7.82 Å². The largest absolute Gasteiger partial charge is 0.472 e. The number of amides is 1. The number of aliphatic hydroxyl groups is 1. The number of allylic oxidation sites excluding steroid dienone is 10. The number of hydrogen-bond acceptors (Lipinski definition) is 5. The van der Waals surface area contributed by atoms with Gasteiger partial charge in [0.1, 0.15) is 13.2 Å². The Morgan fingerprint density at radius 3 is 1.13 bits per heavy atom. The third kappa shape index (κ3) is 61.8. The van der Waals surface area contributed by atoms with Crippen LogP contribution < -0.4 is 5.32 Å². The molecule has 0 rings (SSSR count). The number of aliphatic hydroxyl groups excluding tert-OH is 1. The standard InChI is InChI=1S/C69H131N2O6P/c1-6-8-10-12-14-16-18-20-22-24-26-28-30-32-34-35-37-38-40-42-44-46-48-50-52-54-56-58-60-62-68(72)67(66-77-78(74,75)76-65-64-71(3,4)5)70-69(73)63-61-59-57-55-53-51-49-47-45-43-41-39-36-33-31-29-27-25-23-21-19-17-15-13-11-9-7-2/h9,11,15,17,21,23,27,29,33,36,67-68,72H,6-8,10,12-14,16,18-20,22,24-26,28,30-32,34-35,37-66H2,1-5H3,(H-,70,73,74,75)/p+1/b11-9-,17-15-,23-21-,29-27-,36-33-. The third-order valence-electron chi connectivity index (χ3n) is 15.3. The van der Waals surface area contributed by atoms with Crippen molar-refractivity contribution in [1.29, 1.82) is 0 Å². The van der Waals surface area contributed by atoms with Crippen LogP contribution in [-0.4, -0.2) is 73.4 Å². The average Bonchev–Trinajstić information content (AvgIpc) is 3.41. The highest BCUT2D eigenvalue weighted by atomic mass is 31.2. The summed E-state index contributed by atoms with van der Waals surface area (Å²) in [5.74, 6) is -0.145. The second kappa shape index (κ2) is 59.8. The molecule has 78 heavy (non-hydrogen) atoms. The first-order valence-electron chi connectivity index (χ1n) is 33.7. The van der Waals surface area contributed by atoms with Crippen molar-refractivity contribution in [3.8, 4) is 0 Å². The van der Waals surface area contributed by atoms with Crippen LogP contribution >= 0.6 is 7.82 Å². The summed E-state index contributed by atoms with van der Waals surface area (Å²) in [6.45, 7) is 4.81. The van der Waals surface area contributed by atoms with Crippen LogP contribution in [0.4, 0.5) is 0 Å². The lowest BCUT2D eigenvalue weighted by atomic mass is 10.0. The lowest BCUT2D eigenvalue weighted by Gasteiger charge is -2.26.